The van der Waals surface area contributed by atoms with Crippen LogP contribution in [-0.4, -0.2) is 49.1 Å². The Labute approximate surface area is 147 Å². The molecule has 0 radical (unpaired) electrons. The number of halogens is 5. The molecule has 1 aliphatic rings. The van der Waals surface area contributed by atoms with Crippen molar-refractivity contribution >= 4 is 41.5 Å². The maximum absolute atomic E-state index is 12.4. The summed E-state index contributed by atoms with van der Waals surface area (Å²) in [6, 6.07) is 0.798. The number of pyridine rings is 1. The summed E-state index contributed by atoms with van der Waals surface area (Å²) in [6.07, 6.45) is -3.77. The molecule has 1 N–H and O–H groups in total. The maximum Gasteiger partial charge on any atom is 0.417 e. The number of rotatable bonds is 4. The highest BCUT2D eigenvalue weighted by Crippen LogP contribution is 2.32. The highest BCUT2D eigenvalue weighted by atomic mass is 127. The molecule has 1 aromatic heterocycles. The third-order valence-electron chi connectivity index (χ3n) is 2.82. The van der Waals surface area contributed by atoms with Gasteiger partial charge in [-0.1, -0.05) is 11.6 Å². The second-order valence-corrected chi connectivity index (χ2v) is 4.82. The quantitative estimate of drug-likeness (QED) is 0.566. The van der Waals surface area contributed by atoms with Gasteiger partial charge >= 0.3 is 6.18 Å². The number of guanidine groups is 1. The van der Waals surface area contributed by atoms with Crippen molar-refractivity contribution in [1.82, 2.24) is 15.2 Å². The minimum Gasteiger partial charge on any atom is -0.475 e. The number of ether oxygens (including phenoxy) is 1. The lowest BCUT2D eigenvalue weighted by Gasteiger charge is -2.15. The van der Waals surface area contributed by atoms with Crippen LogP contribution in [0.2, 0.25) is 5.02 Å². The highest BCUT2D eigenvalue weighted by molar-refractivity contribution is 14.0. The lowest BCUT2D eigenvalue weighted by atomic mass is 10.3. The Hall–Kier alpha value is -0.970. The summed E-state index contributed by atoms with van der Waals surface area (Å²) in [5, 5.41) is 2.89. The summed E-state index contributed by atoms with van der Waals surface area (Å²) in [5.74, 6) is 0.748. The molecule has 0 aromatic carbocycles. The monoisotopic (exact) mass is 450 g/mol. The van der Waals surface area contributed by atoms with Gasteiger partial charge in [0.2, 0.25) is 5.88 Å². The normalized spacial score (nSPS) is 14.4. The van der Waals surface area contributed by atoms with Gasteiger partial charge in [0, 0.05) is 19.8 Å². The van der Waals surface area contributed by atoms with Crippen molar-refractivity contribution in [3.63, 3.8) is 0 Å². The summed E-state index contributed by atoms with van der Waals surface area (Å²) < 4.78 is 42.6. The van der Waals surface area contributed by atoms with Gasteiger partial charge in [-0.2, -0.15) is 13.2 Å². The number of hydrogen-bond donors (Lipinski definition) is 1. The molecule has 0 amide bonds. The molecule has 0 saturated carbocycles. The summed E-state index contributed by atoms with van der Waals surface area (Å²) in [6.45, 7) is 2.26. The molecule has 0 saturated heterocycles. The minimum atomic E-state index is -4.47. The van der Waals surface area contributed by atoms with Crippen LogP contribution in [0.4, 0.5) is 13.2 Å². The molecule has 5 nitrogen and oxygen atoms in total. The summed E-state index contributed by atoms with van der Waals surface area (Å²) >= 11 is 5.72. The second-order valence-electron chi connectivity index (χ2n) is 4.41. The van der Waals surface area contributed by atoms with Gasteiger partial charge in [-0.15, -0.1) is 24.0 Å². The Morgan fingerprint density at radius 1 is 1.45 bits per heavy atom. The molecule has 22 heavy (non-hydrogen) atoms. The van der Waals surface area contributed by atoms with Gasteiger partial charge in [-0.05, 0) is 6.07 Å². The second kappa shape index (κ2) is 8.04. The topological polar surface area (TPSA) is 49.8 Å². The van der Waals surface area contributed by atoms with Crippen LogP contribution in [0.15, 0.2) is 17.3 Å². The number of likely N-dealkylation sites (N-methyl/N-ethyl adjacent to an activating group) is 1. The zero-order valence-corrected chi connectivity index (χ0v) is 14.7. The van der Waals surface area contributed by atoms with Gasteiger partial charge in [-0.25, -0.2) is 4.98 Å². The first kappa shape index (κ1) is 19.1. The standard InChI is InChI=1S/C12H14ClF3N4O.HI/c1-20-4-2-17-11(20)18-3-5-21-10-9(13)6-8(7-19-10)12(14,15)16;/h6-7H,2-5H2,1H3,(H,17,18);1H. The van der Waals surface area contributed by atoms with Gasteiger partial charge in [0.1, 0.15) is 11.6 Å². The van der Waals surface area contributed by atoms with E-state index in [-0.39, 0.29) is 41.5 Å². The van der Waals surface area contributed by atoms with Crippen molar-refractivity contribution in [3.8, 4) is 5.88 Å². The minimum absolute atomic E-state index is 0. The SMILES string of the molecule is CN1CCN=C1NCCOc1ncc(C(F)(F)F)cc1Cl.I. The average molecular weight is 451 g/mol. The number of alkyl halides is 3. The van der Waals surface area contributed by atoms with E-state index in [0.717, 1.165) is 25.1 Å². The highest BCUT2D eigenvalue weighted by Gasteiger charge is 2.31. The molecular weight excluding hydrogens is 436 g/mol. The van der Waals surface area contributed by atoms with E-state index in [1.807, 2.05) is 11.9 Å². The molecule has 0 aliphatic carbocycles. The van der Waals surface area contributed by atoms with Crippen LogP contribution in [0.5, 0.6) is 5.88 Å². The summed E-state index contributed by atoms with van der Waals surface area (Å²) in [4.78, 5) is 9.77. The smallest absolute Gasteiger partial charge is 0.417 e. The van der Waals surface area contributed by atoms with E-state index in [1.54, 1.807) is 0 Å². The third-order valence-corrected chi connectivity index (χ3v) is 3.09. The Morgan fingerprint density at radius 2 is 2.18 bits per heavy atom. The molecule has 0 bridgehead atoms. The Balaban J connectivity index is 0.00000242. The van der Waals surface area contributed by atoms with Crippen LogP contribution in [0.25, 0.3) is 0 Å². The van der Waals surface area contributed by atoms with Crippen molar-refractivity contribution in [2.75, 3.05) is 33.3 Å². The zero-order chi connectivity index (χ0) is 15.5. The number of aromatic nitrogens is 1. The van der Waals surface area contributed by atoms with Crippen LogP contribution >= 0.6 is 35.6 Å². The molecular formula is C12H15ClF3IN4O. The van der Waals surface area contributed by atoms with Gasteiger partial charge in [-0.3, -0.25) is 4.99 Å². The van der Waals surface area contributed by atoms with Crippen LogP contribution in [0.3, 0.4) is 0 Å². The van der Waals surface area contributed by atoms with Crippen LogP contribution < -0.4 is 10.1 Å². The van der Waals surface area contributed by atoms with E-state index in [2.05, 4.69) is 15.3 Å². The summed E-state index contributed by atoms with van der Waals surface area (Å²) in [5.41, 5.74) is -0.903. The molecule has 0 atom stereocenters. The van der Waals surface area contributed by atoms with Crippen molar-refractivity contribution in [3.05, 3.63) is 22.8 Å². The Bertz CT molecular complexity index is 542. The first-order chi connectivity index (χ1) is 9.88. The average Bonchev–Trinajstić information content (AvgIpc) is 2.80. The lowest BCUT2D eigenvalue weighted by Crippen LogP contribution is -2.37. The van der Waals surface area contributed by atoms with E-state index in [1.165, 1.54) is 0 Å². The maximum atomic E-state index is 12.4. The van der Waals surface area contributed by atoms with Crippen molar-refractivity contribution in [2.45, 2.75) is 6.18 Å². The number of aliphatic imine (C=N–C) groups is 1. The van der Waals surface area contributed by atoms with E-state index >= 15 is 0 Å². The van der Waals surface area contributed by atoms with Gasteiger partial charge in [0.25, 0.3) is 0 Å². The number of hydrogen-bond acceptors (Lipinski definition) is 5. The van der Waals surface area contributed by atoms with Crippen LogP contribution in [0.1, 0.15) is 5.56 Å². The molecule has 1 aliphatic heterocycles. The van der Waals surface area contributed by atoms with Crippen molar-refractivity contribution < 1.29 is 17.9 Å². The molecule has 0 unspecified atom stereocenters. The predicted molar refractivity (Wildman–Crippen MR) is 88.1 cm³/mol. The van der Waals surface area contributed by atoms with Crippen molar-refractivity contribution in [2.24, 2.45) is 4.99 Å². The van der Waals surface area contributed by atoms with Crippen LogP contribution in [0, 0.1) is 0 Å². The zero-order valence-electron chi connectivity index (χ0n) is 11.7. The molecule has 0 fully saturated rings. The Morgan fingerprint density at radius 3 is 2.73 bits per heavy atom. The fourth-order valence-corrected chi connectivity index (χ4v) is 1.94. The molecule has 2 rings (SSSR count). The van der Waals surface area contributed by atoms with E-state index in [0.29, 0.717) is 12.7 Å². The lowest BCUT2D eigenvalue weighted by molar-refractivity contribution is -0.137. The summed E-state index contributed by atoms with van der Waals surface area (Å²) in [7, 11) is 1.91. The fourth-order valence-electron chi connectivity index (χ4n) is 1.72. The van der Waals surface area contributed by atoms with Gasteiger partial charge in [0.15, 0.2) is 5.96 Å². The molecule has 0 spiro atoms. The molecule has 1 aromatic rings. The molecule has 124 valence electrons. The largest absolute Gasteiger partial charge is 0.475 e. The fraction of sp³-hybridized carbons (Fsp3) is 0.500. The third kappa shape index (κ3) is 5.04. The van der Waals surface area contributed by atoms with E-state index < -0.39 is 11.7 Å². The van der Waals surface area contributed by atoms with Crippen molar-refractivity contribution in [1.29, 1.82) is 0 Å². The molecule has 10 heteroatoms. The van der Waals surface area contributed by atoms with E-state index in [9.17, 15) is 13.2 Å². The number of nitrogens with one attached hydrogen (secondary N) is 1. The predicted octanol–water partition coefficient (Wildman–Crippen LogP) is 2.64. The van der Waals surface area contributed by atoms with Crippen LogP contribution in [-0.2, 0) is 6.18 Å². The van der Waals surface area contributed by atoms with Gasteiger partial charge < -0.3 is 15.0 Å². The first-order valence-electron chi connectivity index (χ1n) is 6.23. The van der Waals surface area contributed by atoms with E-state index in [4.69, 9.17) is 16.3 Å². The first-order valence-corrected chi connectivity index (χ1v) is 6.60. The molecule has 2 heterocycles. The van der Waals surface area contributed by atoms with Gasteiger partial charge in [0.05, 0.1) is 18.7 Å². The Kier molecular flexibility index (Phi) is 6.98. The number of nitrogens with zero attached hydrogens (tertiary/aromatic N) is 3.